The second-order valence-electron chi connectivity index (χ2n) is 4.32. The smallest absolute Gasteiger partial charge is 0.387 e. The van der Waals surface area contributed by atoms with Crippen molar-refractivity contribution in [1.29, 1.82) is 0 Å². The molecule has 1 unspecified atom stereocenters. The van der Waals surface area contributed by atoms with Gasteiger partial charge in [-0.05, 0) is 31.0 Å². The van der Waals surface area contributed by atoms with Crippen molar-refractivity contribution in [3.63, 3.8) is 0 Å². The van der Waals surface area contributed by atoms with Gasteiger partial charge in [0.05, 0.1) is 0 Å². The molecular weight excluding hydrogens is 254 g/mol. The van der Waals surface area contributed by atoms with E-state index in [1.807, 2.05) is 6.92 Å². The fourth-order valence-electron chi connectivity index (χ4n) is 1.44. The molecular formula is C13H18F2N2O2. The van der Waals surface area contributed by atoms with Crippen molar-refractivity contribution in [2.24, 2.45) is 5.73 Å². The molecule has 1 amide bonds. The summed E-state index contributed by atoms with van der Waals surface area (Å²) in [7, 11) is 0. The van der Waals surface area contributed by atoms with Gasteiger partial charge in [-0.3, -0.25) is 4.79 Å². The van der Waals surface area contributed by atoms with Gasteiger partial charge in [0.1, 0.15) is 5.75 Å². The number of amides is 1. The van der Waals surface area contributed by atoms with E-state index in [1.54, 1.807) is 12.1 Å². The molecule has 0 spiro atoms. The molecule has 0 saturated carbocycles. The number of carbonyl (C=O) groups excluding carboxylic acids is 1. The summed E-state index contributed by atoms with van der Waals surface area (Å²) in [5, 5.41) is 2.73. The zero-order chi connectivity index (χ0) is 14.3. The molecule has 0 heterocycles. The molecule has 0 bridgehead atoms. The summed E-state index contributed by atoms with van der Waals surface area (Å²) in [5.74, 6) is 0.0206. The molecule has 0 aliphatic heterocycles. The fourth-order valence-corrected chi connectivity index (χ4v) is 1.44. The normalized spacial score (nSPS) is 12.3. The van der Waals surface area contributed by atoms with E-state index in [0.29, 0.717) is 19.4 Å². The third kappa shape index (κ3) is 6.71. The predicted octanol–water partition coefficient (Wildman–Crippen LogP) is 2.03. The van der Waals surface area contributed by atoms with Crippen molar-refractivity contribution in [3.8, 4) is 5.75 Å². The van der Waals surface area contributed by atoms with Crippen molar-refractivity contribution in [3.05, 3.63) is 29.8 Å². The molecule has 3 N–H and O–H groups in total. The lowest BCUT2D eigenvalue weighted by Gasteiger charge is -2.08. The van der Waals surface area contributed by atoms with Gasteiger partial charge >= 0.3 is 6.61 Å². The molecule has 1 rings (SSSR count). The standard InChI is InChI=1S/C13H18F2N2O2/c1-9(16)2-7-12(18)17-8-10-3-5-11(6-4-10)19-13(14)15/h3-6,9,13H,2,7-8,16H2,1H3,(H,17,18). The van der Waals surface area contributed by atoms with E-state index in [-0.39, 0.29) is 17.7 Å². The maximum Gasteiger partial charge on any atom is 0.387 e. The quantitative estimate of drug-likeness (QED) is 0.798. The predicted molar refractivity (Wildman–Crippen MR) is 67.8 cm³/mol. The molecule has 1 atom stereocenters. The van der Waals surface area contributed by atoms with Crippen LogP contribution in [0.1, 0.15) is 25.3 Å². The number of hydrogen-bond donors (Lipinski definition) is 2. The van der Waals surface area contributed by atoms with Gasteiger partial charge in [-0.15, -0.1) is 0 Å². The largest absolute Gasteiger partial charge is 0.435 e. The second kappa shape index (κ2) is 7.68. The highest BCUT2D eigenvalue weighted by Gasteiger charge is 2.05. The SMILES string of the molecule is CC(N)CCC(=O)NCc1ccc(OC(F)F)cc1. The third-order valence-corrected chi connectivity index (χ3v) is 2.46. The van der Waals surface area contributed by atoms with Crippen LogP contribution >= 0.6 is 0 Å². The first-order chi connectivity index (χ1) is 8.97. The first-order valence-corrected chi connectivity index (χ1v) is 6.03. The zero-order valence-corrected chi connectivity index (χ0v) is 10.7. The molecule has 106 valence electrons. The minimum atomic E-state index is -2.83. The van der Waals surface area contributed by atoms with Gasteiger partial charge in [-0.1, -0.05) is 12.1 Å². The molecule has 1 aromatic rings. The first-order valence-electron chi connectivity index (χ1n) is 6.03. The Morgan fingerprint density at radius 3 is 2.53 bits per heavy atom. The highest BCUT2D eigenvalue weighted by molar-refractivity contribution is 5.75. The Morgan fingerprint density at radius 2 is 2.00 bits per heavy atom. The Kier molecular flexibility index (Phi) is 6.21. The molecule has 0 aromatic heterocycles. The van der Waals surface area contributed by atoms with Crippen LogP contribution in [0.3, 0.4) is 0 Å². The number of ether oxygens (including phenoxy) is 1. The summed E-state index contributed by atoms with van der Waals surface area (Å²) in [6.07, 6.45) is 1.01. The number of carbonyl (C=O) groups is 1. The molecule has 1 aromatic carbocycles. The number of benzene rings is 1. The summed E-state index contributed by atoms with van der Waals surface area (Å²) in [5.41, 5.74) is 6.36. The van der Waals surface area contributed by atoms with E-state index in [1.165, 1.54) is 12.1 Å². The topological polar surface area (TPSA) is 64.4 Å². The molecule has 0 fully saturated rings. The van der Waals surface area contributed by atoms with E-state index in [9.17, 15) is 13.6 Å². The van der Waals surface area contributed by atoms with Gasteiger partial charge < -0.3 is 15.8 Å². The van der Waals surface area contributed by atoms with Crippen molar-refractivity contribution in [2.45, 2.75) is 39.0 Å². The van der Waals surface area contributed by atoms with Crippen LogP contribution in [0.4, 0.5) is 8.78 Å². The van der Waals surface area contributed by atoms with E-state index in [4.69, 9.17) is 5.73 Å². The summed E-state index contributed by atoms with van der Waals surface area (Å²) in [6, 6.07) is 6.13. The Bertz CT molecular complexity index is 394. The molecule has 0 aliphatic rings. The molecule has 19 heavy (non-hydrogen) atoms. The first kappa shape index (κ1) is 15.4. The van der Waals surface area contributed by atoms with Crippen molar-refractivity contribution >= 4 is 5.91 Å². The lowest BCUT2D eigenvalue weighted by molar-refractivity contribution is -0.121. The average molecular weight is 272 g/mol. The number of nitrogens with two attached hydrogens (primary N) is 1. The molecule has 6 heteroatoms. The Morgan fingerprint density at radius 1 is 1.37 bits per heavy atom. The van der Waals surface area contributed by atoms with Gasteiger partial charge in [0, 0.05) is 19.0 Å². The van der Waals surface area contributed by atoms with Gasteiger partial charge in [0.2, 0.25) is 5.91 Å². The van der Waals surface area contributed by atoms with Crippen LogP contribution in [0.5, 0.6) is 5.75 Å². The summed E-state index contributed by atoms with van der Waals surface area (Å²) in [6.45, 7) is -0.634. The number of halogens is 2. The number of alkyl halides is 2. The average Bonchev–Trinajstić information content (AvgIpc) is 2.35. The molecule has 4 nitrogen and oxygen atoms in total. The highest BCUT2D eigenvalue weighted by Crippen LogP contribution is 2.14. The van der Waals surface area contributed by atoms with E-state index < -0.39 is 6.61 Å². The number of nitrogens with one attached hydrogen (secondary N) is 1. The Labute approximate surface area is 110 Å². The lowest BCUT2D eigenvalue weighted by Crippen LogP contribution is -2.25. The van der Waals surface area contributed by atoms with Crippen LogP contribution in [0.2, 0.25) is 0 Å². The van der Waals surface area contributed by atoms with Crippen molar-refractivity contribution < 1.29 is 18.3 Å². The van der Waals surface area contributed by atoms with E-state index in [2.05, 4.69) is 10.1 Å². The van der Waals surface area contributed by atoms with Crippen LogP contribution < -0.4 is 15.8 Å². The maximum absolute atomic E-state index is 11.9. The minimum absolute atomic E-state index is 0.00321. The van der Waals surface area contributed by atoms with Crippen LogP contribution in [0, 0.1) is 0 Å². The highest BCUT2D eigenvalue weighted by atomic mass is 19.3. The number of hydrogen-bond acceptors (Lipinski definition) is 3. The van der Waals surface area contributed by atoms with Crippen molar-refractivity contribution in [2.75, 3.05) is 0 Å². The van der Waals surface area contributed by atoms with Crippen LogP contribution in [-0.2, 0) is 11.3 Å². The minimum Gasteiger partial charge on any atom is -0.435 e. The van der Waals surface area contributed by atoms with Gasteiger partial charge in [0.15, 0.2) is 0 Å². The monoisotopic (exact) mass is 272 g/mol. The summed E-state index contributed by atoms with van der Waals surface area (Å²) >= 11 is 0. The van der Waals surface area contributed by atoms with Crippen LogP contribution in [-0.4, -0.2) is 18.6 Å². The van der Waals surface area contributed by atoms with Crippen molar-refractivity contribution in [1.82, 2.24) is 5.32 Å². The zero-order valence-electron chi connectivity index (χ0n) is 10.7. The van der Waals surface area contributed by atoms with Gasteiger partial charge in [-0.25, -0.2) is 0 Å². The van der Waals surface area contributed by atoms with Crippen LogP contribution in [0.25, 0.3) is 0 Å². The van der Waals surface area contributed by atoms with E-state index in [0.717, 1.165) is 5.56 Å². The fraction of sp³-hybridized carbons (Fsp3) is 0.462. The molecule has 0 radical (unpaired) electrons. The van der Waals surface area contributed by atoms with Gasteiger partial charge in [-0.2, -0.15) is 8.78 Å². The molecule has 0 saturated heterocycles. The number of rotatable bonds is 7. The second-order valence-corrected chi connectivity index (χ2v) is 4.32. The Balaban J connectivity index is 2.35. The van der Waals surface area contributed by atoms with E-state index >= 15 is 0 Å². The summed E-state index contributed by atoms with van der Waals surface area (Å²) in [4.78, 5) is 11.4. The lowest BCUT2D eigenvalue weighted by atomic mass is 10.2. The van der Waals surface area contributed by atoms with Crippen LogP contribution in [0.15, 0.2) is 24.3 Å². The molecule has 0 aliphatic carbocycles. The summed E-state index contributed by atoms with van der Waals surface area (Å²) < 4.78 is 28.1. The Hall–Kier alpha value is -1.69. The maximum atomic E-state index is 11.9. The van der Waals surface area contributed by atoms with Gasteiger partial charge in [0.25, 0.3) is 0 Å². The third-order valence-electron chi connectivity index (χ3n) is 2.46.